The van der Waals surface area contributed by atoms with E-state index >= 15 is 0 Å². The summed E-state index contributed by atoms with van der Waals surface area (Å²) in [6.07, 6.45) is 3.97. The number of carboxylic acid groups (broad SMARTS) is 1. The van der Waals surface area contributed by atoms with Crippen molar-refractivity contribution in [1.82, 2.24) is 4.90 Å². The summed E-state index contributed by atoms with van der Waals surface area (Å²) >= 11 is 0. The predicted octanol–water partition coefficient (Wildman–Crippen LogP) is 1.99. The van der Waals surface area contributed by atoms with Crippen molar-refractivity contribution in [2.45, 2.75) is 25.7 Å². The quantitative estimate of drug-likeness (QED) is 0.881. The van der Waals surface area contributed by atoms with E-state index in [1.165, 1.54) is 16.8 Å². The number of nitrogens with zero attached hydrogens (tertiary/aromatic N) is 1. The molecule has 1 saturated heterocycles. The van der Waals surface area contributed by atoms with E-state index in [2.05, 4.69) is 28.4 Å². The van der Waals surface area contributed by atoms with E-state index in [0.717, 1.165) is 45.3 Å². The number of hydrogen-bond acceptors (Lipinski definition) is 3. The molecule has 0 bridgehead atoms. The lowest BCUT2D eigenvalue weighted by molar-refractivity contribution is -0.143. The zero-order chi connectivity index (χ0) is 13.9. The van der Waals surface area contributed by atoms with E-state index < -0.39 is 5.97 Å². The van der Waals surface area contributed by atoms with Crippen molar-refractivity contribution in [2.75, 3.05) is 31.5 Å². The average Bonchev–Trinajstić information content (AvgIpc) is 2.93. The van der Waals surface area contributed by atoms with Crippen molar-refractivity contribution in [1.29, 1.82) is 0 Å². The number of aliphatic carboxylic acids is 1. The van der Waals surface area contributed by atoms with Gasteiger partial charge in [-0.05, 0) is 49.4 Å². The number of piperidine rings is 1. The summed E-state index contributed by atoms with van der Waals surface area (Å²) < 4.78 is 0. The molecule has 1 fully saturated rings. The first kappa shape index (κ1) is 13.4. The van der Waals surface area contributed by atoms with Gasteiger partial charge in [0.25, 0.3) is 0 Å². The Bertz CT molecular complexity index is 501. The van der Waals surface area contributed by atoms with Crippen LogP contribution in [0.4, 0.5) is 5.69 Å². The molecule has 4 nitrogen and oxygen atoms in total. The van der Waals surface area contributed by atoms with Gasteiger partial charge < -0.3 is 15.3 Å². The Morgan fingerprint density at radius 3 is 3.20 bits per heavy atom. The maximum Gasteiger partial charge on any atom is 0.307 e. The number of fused-ring (bicyclic) bond motifs is 1. The second-order valence-corrected chi connectivity index (χ2v) is 5.90. The average molecular weight is 274 g/mol. The molecule has 2 N–H and O–H groups in total. The van der Waals surface area contributed by atoms with Crippen molar-refractivity contribution >= 4 is 11.7 Å². The molecule has 2 aliphatic rings. The maximum atomic E-state index is 11.1. The third kappa shape index (κ3) is 2.96. The standard InChI is InChI=1S/C16H22N2O2/c19-16(20)14-2-1-8-18(11-14)9-6-12-3-4-15-13(10-12)5-7-17-15/h3-4,10,14,17H,1-2,5-9,11H2,(H,19,20). The number of carboxylic acids is 1. The fraction of sp³-hybridized carbons (Fsp3) is 0.562. The molecular weight excluding hydrogens is 252 g/mol. The van der Waals surface area contributed by atoms with Gasteiger partial charge in [-0.1, -0.05) is 12.1 Å². The second kappa shape index (κ2) is 5.83. The Morgan fingerprint density at radius 2 is 2.35 bits per heavy atom. The van der Waals surface area contributed by atoms with Gasteiger partial charge in [0.05, 0.1) is 5.92 Å². The fourth-order valence-corrected chi connectivity index (χ4v) is 3.26. The number of likely N-dealkylation sites (tertiary alicyclic amines) is 1. The lowest BCUT2D eigenvalue weighted by Gasteiger charge is -2.30. The number of hydrogen-bond donors (Lipinski definition) is 2. The molecule has 4 heteroatoms. The molecule has 3 rings (SSSR count). The van der Waals surface area contributed by atoms with Crippen LogP contribution in [0.3, 0.4) is 0 Å². The van der Waals surface area contributed by atoms with E-state index in [9.17, 15) is 4.79 Å². The van der Waals surface area contributed by atoms with E-state index in [1.54, 1.807) is 0 Å². The van der Waals surface area contributed by atoms with Crippen molar-refractivity contribution in [2.24, 2.45) is 5.92 Å². The smallest absolute Gasteiger partial charge is 0.307 e. The first-order chi connectivity index (χ1) is 9.72. The van der Waals surface area contributed by atoms with Crippen molar-refractivity contribution < 1.29 is 9.90 Å². The molecule has 0 aliphatic carbocycles. The molecule has 0 spiro atoms. The summed E-state index contributed by atoms with van der Waals surface area (Å²) in [6.45, 7) is 3.76. The molecular formula is C16H22N2O2. The highest BCUT2D eigenvalue weighted by Gasteiger charge is 2.24. The molecule has 2 aliphatic heterocycles. The molecule has 108 valence electrons. The second-order valence-electron chi connectivity index (χ2n) is 5.90. The van der Waals surface area contributed by atoms with E-state index in [-0.39, 0.29) is 5.92 Å². The van der Waals surface area contributed by atoms with Crippen LogP contribution in [-0.2, 0) is 17.6 Å². The third-order valence-electron chi connectivity index (χ3n) is 4.45. The molecule has 1 atom stereocenters. The minimum absolute atomic E-state index is 0.173. The van der Waals surface area contributed by atoms with Gasteiger partial charge in [-0.15, -0.1) is 0 Å². The molecule has 1 unspecified atom stereocenters. The van der Waals surface area contributed by atoms with E-state index in [0.29, 0.717) is 6.54 Å². The molecule has 0 amide bonds. The SMILES string of the molecule is O=C(O)C1CCCN(CCc2ccc3c(c2)CCN3)C1. The van der Waals surface area contributed by atoms with E-state index in [4.69, 9.17) is 5.11 Å². The largest absolute Gasteiger partial charge is 0.481 e. The summed E-state index contributed by atoms with van der Waals surface area (Å²) in [6, 6.07) is 6.66. The van der Waals surface area contributed by atoms with Crippen LogP contribution in [0.25, 0.3) is 0 Å². The van der Waals surface area contributed by atoms with Crippen LogP contribution in [0.5, 0.6) is 0 Å². The number of anilines is 1. The molecule has 0 aromatic heterocycles. The Labute approximate surface area is 119 Å². The lowest BCUT2D eigenvalue weighted by atomic mass is 9.97. The Morgan fingerprint density at radius 1 is 1.45 bits per heavy atom. The fourth-order valence-electron chi connectivity index (χ4n) is 3.26. The molecule has 2 heterocycles. The molecule has 0 radical (unpaired) electrons. The van der Waals surface area contributed by atoms with Crippen LogP contribution in [0.15, 0.2) is 18.2 Å². The zero-order valence-corrected chi connectivity index (χ0v) is 11.8. The number of nitrogens with one attached hydrogen (secondary N) is 1. The number of rotatable bonds is 4. The van der Waals surface area contributed by atoms with Gasteiger partial charge in [-0.25, -0.2) is 0 Å². The lowest BCUT2D eigenvalue weighted by Crippen LogP contribution is -2.39. The van der Waals surface area contributed by atoms with Gasteiger partial charge in [0.1, 0.15) is 0 Å². The monoisotopic (exact) mass is 274 g/mol. The molecule has 0 saturated carbocycles. The van der Waals surface area contributed by atoms with Gasteiger partial charge in [-0.2, -0.15) is 0 Å². The van der Waals surface area contributed by atoms with Crippen LogP contribution in [0.2, 0.25) is 0 Å². The third-order valence-corrected chi connectivity index (χ3v) is 4.45. The normalized spacial score (nSPS) is 22.3. The Hall–Kier alpha value is -1.55. The van der Waals surface area contributed by atoms with Gasteiger partial charge in [0.15, 0.2) is 0 Å². The molecule has 1 aromatic rings. The van der Waals surface area contributed by atoms with Crippen LogP contribution < -0.4 is 5.32 Å². The maximum absolute atomic E-state index is 11.1. The Balaban J connectivity index is 1.55. The summed E-state index contributed by atoms with van der Waals surface area (Å²) in [4.78, 5) is 13.4. The van der Waals surface area contributed by atoms with Crippen LogP contribution >= 0.6 is 0 Å². The van der Waals surface area contributed by atoms with Gasteiger partial charge in [-0.3, -0.25) is 4.79 Å². The van der Waals surface area contributed by atoms with Crippen LogP contribution in [0.1, 0.15) is 24.0 Å². The summed E-state index contributed by atoms with van der Waals surface area (Å²) in [7, 11) is 0. The summed E-state index contributed by atoms with van der Waals surface area (Å²) in [5, 5.41) is 12.5. The molecule has 20 heavy (non-hydrogen) atoms. The number of carbonyl (C=O) groups is 1. The highest BCUT2D eigenvalue weighted by Crippen LogP contribution is 2.23. The Kier molecular flexibility index (Phi) is 3.92. The zero-order valence-electron chi connectivity index (χ0n) is 11.8. The topological polar surface area (TPSA) is 52.6 Å². The van der Waals surface area contributed by atoms with Gasteiger partial charge in [0.2, 0.25) is 0 Å². The predicted molar refractivity (Wildman–Crippen MR) is 79.1 cm³/mol. The van der Waals surface area contributed by atoms with Crippen LogP contribution in [-0.4, -0.2) is 42.2 Å². The van der Waals surface area contributed by atoms with Crippen molar-refractivity contribution in [3.63, 3.8) is 0 Å². The summed E-state index contributed by atoms with van der Waals surface area (Å²) in [5.41, 5.74) is 4.06. The first-order valence-corrected chi connectivity index (χ1v) is 7.53. The summed E-state index contributed by atoms with van der Waals surface area (Å²) in [5.74, 6) is -0.814. The highest BCUT2D eigenvalue weighted by molar-refractivity contribution is 5.70. The van der Waals surface area contributed by atoms with Gasteiger partial charge >= 0.3 is 5.97 Å². The molecule has 1 aromatic carbocycles. The minimum Gasteiger partial charge on any atom is -0.481 e. The highest BCUT2D eigenvalue weighted by atomic mass is 16.4. The number of benzene rings is 1. The van der Waals surface area contributed by atoms with Gasteiger partial charge in [0, 0.05) is 25.3 Å². The van der Waals surface area contributed by atoms with Crippen molar-refractivity contribution in [3.8, 4) is 0 Å². The van der Waals surface area contributed by atoms with Crippen molar-refractivity contribution in [3.05, 3.63) is 29.3 Å². The first-order valence-electron chi connectivity index (χ1n) is 7.53. The van der Waals surface area contributed by atoms with E-state index in [1.807, 2.05) is 0 Å². The van der Waals surface area contributed by atoms with Crippen LogP contribution in [0, 0.1) is 5.92 Å². The minimum atomic E-state index is -0.640.